The molecule has 0 aliphatic carbocycles. The number of rotatable bonds is 1. The summed E-state index contributed by atoms with van der Waals surface area (Å²) in [5, 5.41) is 11.8. The molecule has 0 radical (unpaired) electrons. The second-order valence-corrected chi connectivity index (χ2v) is 7.12. The van der Waals surface area contributed by atoms with E-state index in [1.807, 2.05) is 24.3 Å². The first-order valence-corrected chi connectivity index (χ1v) is 9.04. The van der Waals surface area contributed by atoms with E-state index in [0.717, 1.165) is 10.9 Å². The van der Waals surface area contributed by atoms with E-state index in [0.29, 0.717) is 40.1 Å². The Kier molecular flexibility index (Phi) is 3.31. The summed E-state index contributed by atoms with van der Waals surface area (Å²) in [7, 11) is 0. The number of nitrogens with zero attached hydrogens (tertiary/aromatic N) is 2. The molecule has 6 heteroatoms. The summed E-state index contributed by atoms with van der Waals surface area (Å²) < 4.78 is 6.69. The van der Waals surface area contributed by atoms with Crippen molar-refractivity contribution in [2.75, 3.05) is 0 Å². The van der Waals surface area contributed by atoms with Crippen LogP contribution in [0.4, 0.5) is 0 Å². The number of aliphatic hydroxyl groups is 1. The normalized spacial score (nSPS) is 19.5. The summed E-state index contributed by atoms with van der Waals surface area (Å²) in [4.78, 5) is 30.1. The molecule has 0 saturated carbocycles. The Labute approximate surface area is 160 Å². The van der Waals surface area contributed by atoms with Crippen LogP contribution in [0.15, 0.2) is 35.1 Å². The molecule has 0 saturated heterocycles. The van der Waals surface area contributed by atoms with Crippen LogP contribution in [-0.4, -0.2) is 20.6 Å². The summed E-state index contributed by atoms with van der Waals surface area (Å²) in [6.45, 7) is 1.92. The zero-order chi connectivity index (χ0) is 19.6. The fourth-order valence-electron chi connectivity index (χ4n) is 4.12. The summed E-state index contributed by atoms with van der Waals surface area (Å²) in [6.07, 6.45) is 5.72. The molecule has 28 heavy (non-hydrogen) atoms. The molecular formula is C22H16N2O4. The minimum atomic E-state index is -1.83. The average Bonchev–Trinajstić information content (AvgIpc) is 3.07. The highest BCUT2D eigenvalue weighted by atomic mass is 16.6. The topological polar surface area (TPSA) is 81.4 Å². The first kappa shape index (κ1) is 16.7. The number of carbonyl (C=O) groups is 1. The molecule has 2 aliphatic heterocycles. The highest BCUT2D eigenvalue weighted by Crippen LogP contribution is 2.38. The molecule has 5 rings (SSSR count). The van der Waals surface area contributed by atoms with Gasteiger partial charge in [-0.3, -0.25) is 4.79 Å². The summed E-state index contributed by atoms with van der Waals surface area (Å²) in [6, 6.07) is 9.31. The Morgan fingerprint density at radius 3 is 2.93 bits per heavy atom. The molecule has 138 valence electrons. The predicted octanol–water partition coefficient (Wildman–Crippen LogP) is 2.06. The van der Waals surface area contributed by atoms with Crippen molar-refractivity contribution >= 4 is 16.9 Å². The molecule has 2 aliphatic rings. The van der Waals surface area contributed by atoms with Crippen molar-refractivity contribution in [1.29, 1.82) is 0 Å². The molecule has 1 N–H and O–H groups in total. The van der Waals surface area contributed by atoms with Gasteiger partial charge in [-0.05, 0) is 24.6 Å². The van der Waals surface area contributed by atoms with Gasteiger partial charge in [0, 0.05) is 16.5 Å². The van der Waals surface area contributed by atoms with Crippen LogP contribution in [-0.2, 0) is 28.3 Å². The number of fused-ring (bicyclic) bond motifs is 5. The smallest absolute Gasteiger partial charge is 0.343 e. The number of terminal acetylenes is 1. The van der Waals surface area contributed by atoms with Gasteiger partial charge in [-0.1, -0.05) is 25.0 Å². The maximum absolute atomic E-state index is 13.1. The van der Waals surface area contributed by atoms with Gasteiger partial charge in [-0.25, -0.2) is 9.78 Å². The van der Waals surface area contributed by atoms with Gasteiger partial charge < -0.3 is 14.4 Å². The monoisotopic (exact) mass is 372 g/mol. The zero-order valence-corrected chi connectivity index (χ0v) is 15.2. The third-order valence-corrected chi connectivity index (χ3v) is 5.69. The molecular weight excluding hydrogens is 356 g/mol. The number of aromatic nitrogens is 2. The van der Waals surface area contributed by atoms with Gasteiger partial charge in [0.05, 0.1) is 34.6 Å². The number of benzene rings is 1. The lowest BCUT2D eigenvalue weighted by Crippen LogP contribution is -2.44. The molecule has 2 aromatic heterocycles. The second-order valence-electron chi connectivity index (χ2n) is 7.12. The molecule has 0 amide bonds. The minimum Gasteiger partial charge on any atom is -0.458 e. The molecule has 0 unspecified atom stereocenters. The number of hydrogen-bond acceptors (Lipinski definition) is 5. The van der Waals surface area contributed by atoms with Gasteiger partial charge in [0.2, 0.25) is 0 Å². The maximum Gasteiger partial charge on any atom is 0.343 e. The number of ether oxygens (including phenoxy) is 1. The standard InChI is InChI=1S/C22H16N2O4/c1-3-12-6-5-7-13-8-14-10-24-17(19(14)23-18(12)13)9-16-15(20(24)25)11-28-21(26)22(16,27)4-2/h1,5-9,27H,4,10-11H2,2H3/t22-/m0/s1. The van der Waals surface area contributed by atoms with E-state index in [2.05, 4.69) is 5.92 Å². The third-order valence-electron chi connectivity index (χ3n) is 5.69. The van der Waals surface area contributed by atoms with Crippen LogP contribution in [0.25, 0.3) is 22.3 Å². The molecule has 1 aromatic carbocycles. The SMILES string of the molecule is C#Cc1cccc2cc3c(nc12)-c1cc2c(c(=O)n1C3)COC(=O)[C@]2(O)CC. The van der Waals surface area contributed by atoms with Crippen molar-refractivity contribution in [2.24, 2.45) is 0 Å². The Morgan fingerprint density at radius 1 is 1.36 bits per heavy atom. The van der Waals surface area contributed by atoms with Gasteiger partial charge in [0.1, 0.15) is 6.61 Å². The van der Waals surface area contributed by atoms with Gasteiger partial charge >= 0.3 is 5.97 Å². The van der Waals surface area contributed by atoms with Crippen LogP contribution in [0.1, 0.15) is 35.6 Å². The molecule has 4 heterocycles. The van der Waals surface area contributed by atoms with Crippen LogP contribution in [0.5, 0.6) is 0 Å². The number of carbonyl (C=O) groups excluding carboxylic acids is 1. The van der Waals surface area contributed by atoms with E-state index in [4.69, 9.17) is 16.1 Å². The number of hydrogen-bond donors (Lipinski definition) is 1. The molecule has 1 atom stereocenters. The number of cyclic esters (lactones) is 1. The van der Waals surface area contributed by atoms with Crippen LogP contribution < -0.4 is 5.56 Å². The van der Waals surface area contributed by atoms with Crippen LogP contribution in [0.3, 0.4) is 0 Å². The Bertz CT molecular complexity index is 1300. The zero-order valence-electron chi connectivity index (χ0n) is 15.2. The van der Waals surface area contributed by atoms with Gasteiger partial charge in [0.25, 0.3) is 5.56 Å². The summed E-state index contributed by atoms with van der Waals surface area (Å²) >= 11 is 0. The van der Waals surface area contributed by atoms with Gasteiger partial charge in [0.15, 0.2) is 5.60 Å². The quantitative estimate of drug-likeness (QED) is 0.409. The van der Waals surface area contributed by atoms with Gasteiger partial charge in [-0.2, -0.15) is 0 Å². The molecule has 3 aromatic rings. The number of para-hydroxylation sites is 1. The summed E-state index contributed by atoms with van der Waals surface area (Å²) in [5.41, 5.74) is 2.00. The van der Waals surface area contributed by atoms with Crippen molar-refractivity contribution in [3.63, 3.8) is 0 Å². The van der Waals surface area contributed by atoms with Crippen molar-refractivity contribution in [2.45, 2.75) is 32.1 Å². The van der Waals surface area contributed by atoms with Crippen molar-refractivity contribution in [3.05, 3.63) is 62.9 Å². The van der Waals surface area contributed by atoms with E-state index in [1.165, 1.54) is 0 Å². The van der Waals surface area contributed by atoms with Crippen LogP contribution in [0.2, 0.25) is 0 Å². The van der Waals surface area contributed by atoms with Gasteiger partial charge in [-0.15, -0.1) is 6.42 Å². The fourth-order valence-corrected chi connectivity index (χ4v) is 4.12. The highest BCUT2D eigenvalue weighted by molar-refractivity contribution is 5.89. The highest BCUT2D eigenvalue weighted by Gasteiger charge is 2.45. The van der Waals surface area contributed by atoms with Crippen molar-refractivity contribution in [1.82, 2.24) is 9.55 Å². The lowest BCUT2D eigenvalue weighted by atomic mass is 9.86. The summed E-state index contributed by atoms with van der Waals surface area (Å²) in [5.74, 6) is 1.91. The lowest BCUT2D eigenvalue weighted by Gasteiger charge is -2.31. The molecule has 6 nitrogen and oxygen atoms in total. The first-order chi connectivity index (χ1) is 13.5. The predicted molar refractivity (Wildman–Crippen MR) is 102 cm³/mol. The number of esters is 1. The average molecular weight is 372 g/mol. The van der Waals surface area contributed by atoms with E-state index >= 15 is 0 Å². The largest absolute Gasteiger partial charge is 0.458 e. The first-order valence-electron chi connectivity index (χ1n) is 9.04. The van der Waals surface area contributed by atoms with E-state index in [-0.39, 0.29) is 18.6 Å². The van der Waals surface area contributed by atoms with Crippen molar-refractivity contribution in [3.8, 4) is 23.7 Å². The fraction of sp³-hybridized carbons (Fsp3) is 0.227. The maximum atomic E-state index is 13.1. The third kappa shape index (κ3) is 1.99. The lowest BCUT2D eigenvalue weighted by molar-refractivity contribution is -0.172. The van der Waals surface area contributed by atoms with E-state index in [1.54, 1.807) is 17.6 Å². The molecule has 0 spiro atoms. The Hall–Kier alpha value is -3.43. The Balaban J connectivity index is 1.82. The molecule has 0 bridgehead atoms. The molecule has 0 fully saturated rings. The van der Waals surface area contributed by atoms with Crippen LogP contribution in [0, 0.1) is 12.3 Å². The number of pyridine rings is 2. The minimum absolute atomic E-state index is 0.112. The second kappa shape index (κ2) is 5.54. The van der Waals surface area contributed by atoms with Crippen molar-refractivity contribution < 1.29 is 14.6 Å². The van der Waals surface area contributed by atoms with Crippen LogP contribution >= 0.6 is 0 Å². The van der Waals surface area contributed by atoms with E-state index < -0.39 is 11.6 Å². The van der Waals surface area contributed by atoms with E-state index in [9.17, 15) is 14.7 Å². The Morgan fingerprint density at radius 2 is 2.18 bits per heavy atom.